The first kappa shape index (κ1) is 19.1. The molecule has 0 aromatic heterocycles. The topological polar surface area (TPSA) is 173 Å². The second kappa shape index (κ2) is 8.24. The predicted octanol–water partition coefficient (Wildman–Crippen LogP) is 0.0694. The minimum Gasteiger partial charge on any atom is -0.368 e. The summed E-state index contributed by atoms with van der Waals surface area (Å²) in [5.41, 5.74) is 18.8. The van der Waals surface area contributed by atoms with E-state index < -0.39 is 23.6 Å². The molecule has 2 rings (SSSR count). The Morgan fingerprint density at radius 2 is 1.92 bits per heavy atom. The summed E-state index contributed by atoms with van der Waals surface area (Å²) in [5.74, 6) is -2.02. The Bertz CT molecular complexity index is 798. The average Bonchev–Trinajstić information content (AvgIpc) is 3.05. The molecular formula is C17H23N7O2. The second-order valence-corrected chi connectivity index (χ2v) is 5.98. The summed E-state index contributed by atoms with van der Waals surface area (Å²) in [7, 11) is 0. The van der Waals surface area contributed by atoms with Crippen molar-refractivity contribution in [3.05, 3.63) is 29.3 Å². The van der Waals surface area contributed by atoms with Crippen LogP contribution in [0.3, 0.4) is 0 Å². The van der Waals surface area contributed by atoms with Crippen LogP contribution in [0.4, 0.5) is 5.69 Å². The summed E-state index contributed by atoms with van der Waals surface area (Å²) in [6.07, 6.45) is 3.47. The predicted molar refractivity (Wildman–Crippen MR) is 101 cm³/mol. The lowest BCUT2D eigenvalue weighted by atomic mass is 10.1. The molecule has 0 unspecified atom stereocenters. The van der Waals surface area contributed by atoms with Crippen LogP contribution >= 0.6 is 0 Å². The first-order chi connectivity index (χ1) is 12.3. The Morgan fingerprint density at radius 3 is 2.54 bits per heavy atom. The van der Waals surface area contributed by atoms with E-state index in [-0.39, 0.29) is 11.8 Å². The molecule has 1 aliphatic carbocycles. The molecule has 1 atom stereocenters. The lowest BCUT2D eigenvalue weighted by Crippen LogP contribution is -2.36. The number of anilines is 1. The summed E-state index contributed by atoms with van der Waals surface area (Å²) in [4.78, 5) is 30.6. The van der Waals surface area contributed by atoms with E-state index in [1.54, 1.807) is 6.92 Å². The Hall–Kier alpha value is -3.23. The van der Waals surface area contributed by atoms with Gasteiger partial charge in [0, 0.05) is 5.69 Å². The van der Waals surface area contributed by atoms with Crippen LogP contribution in [0, 0.1) is 5.41 Å². The molecule has 9 heteroatoms. The average molecular weight is 357 g/mol. The fourth-order valence-electron chi connectivity index (χ4n) is 2.71. The number of nitrogens with one attached hydrogen (secondary N) is 2. The maximum absolute atomic E-state index is 11.4. The summed E-state index contributed by atoms with van der Waals surface area (Å²) in [6.45, 7) is 1.73. The lowest BCUT2D eigenvalue weighted by molar-refractivity contribution is -0.119. The molecular weight excluding hydrogens is 334 g/mol. The van der Waals surface area contributed by atoms with Crippen molar-refractivity contribution in [2.75, 3.05) is 5.32 Å². The van der Waals surface area contributed by atoms with Gasteiger partial charge in [-0.25, -0.2) is 4.99 Å². The normalized spacial score (nSPS) is 15.3. The molecule has 0 radical (unpaired) electrons. The second-order valence-electron chi connectivity index (χ2n) is 5.98. The number of aryl methyl sites for hydroxylation is 2. The molecule has 9 nitrogen and oxygen atoms in total. The molecule has 0 fully saturated rings. The number of carbonyl (C=O) groups is 2. The smallest absolute Gasteiger partial charge is 0.270 e. The van der Waals surface area contributed by atoms with E-state index >= 15 is 0 Å². The van der Waals surface area contributed by atoms with Gasteiger partial charge in [-0.15, -0.1) is 0 Å². The SMILES string of the molecule is CC[C@@H](N=C(N)/N=C(/Nc1ccc2c(c1)CCC2)C(=N)C(N)=O)C(N)=O. The van der Waals surface area contributed by atoms with Crippen LogP contribution in [0.5, 0.6) is 0 Å². The van der Waals surface area contributed by atoms with Gasteiger partial charge in [0.2, 0.25) is 11.9 Å². The van der Waals surface area contributed by atoms with Crippen molar-refractivity contribution in [1.29, 1.82) is 5.41 Å². The number of amidine groups is 1. The number of rotatable bonds is 6. The minimum absolute atomic E-state index is 0.143. The third-order valence-electron chi connectivity index (χ3n) is 4.07. The molecule has 1 aliphatic rings. The van der Waals surface area contributed by atoms with E-state index in [2.05, 4.69) is 15.3 Å². The van der Waals surface area contributed by atoms with Crippen molar-refractivity contribution < 1.29 is 9.59 Å². The molecule has 8 N–H and O–H groups in total. The van der Waals surface area contributed by atoms with Gasteiger partial charge in [-0.3, -0.25) is 15.0 Å². The van der Waals surface area contributed by atoms with Crippen LogP contribution in [-0.2, 0) is 22.4 Å². The van der Waals surface area contributed by atoms with Gasteiger partial charge in [-0.2, -0.15) is 4.99 Å². The summed E-state index contributed by atoms with van der Waals surface area (Å²) in [5, 5.41) is 10.7. The largest absolute Gasteiger partial charge is 0.368 e. The zero-order valence-electron chi connectivity index (χ0n) is 14.6. The van der Waals surface area contributed by atoms with Crippen molar-refractivity contribution in [2.24, 2.45) is 27.2 Å². The Morgan fingerprint density at radius 1 is 1.23 bits per heavy atom. The standard InChI is InChI=1S/C17H23N7O2/c1-2-12(14(19)25)23-17(21)24-16(13(18)15(20)26)22-11-7-6-9-4-3-5-10(9)8-11/h6-8,12,18H,2-5H2,1H3,(H2,19,25)(H2,20,26)(H3,21,22,23,24)/t12-/m1/s1. The van der Waals surface area contributed by atoms with Crippen LogP contribution in [-0.4, -0.2) is 35.4 Å². The first-order valence-electron chi connectivity index (χ1n) is 8.30. The molecule has 0 bridgehead atoms. The monoisotopic (exact) mass is 357 g/mol. The van der Waals surface area contributed by atoms with E-state index in [9.17, 15) is 9.59 Å². The highest BCUT2D eigenvalue weighted by Crippen LogP contribution is 2.24. The van der Waals surface area contributed by atoms with Crippen molar-refractivity contribution in [3.63, 3.8) is 0 Å². The fraction of sp³-hybridized carbons (Fsp3) is 0.353. The van der Waals surface area contributed by atoms with Gasteiger partial charge in [-0.05, 0) is 48.9 Å². The molecule has 0 heterocycles. The number of fused-ring (bicyclic) bond motifs is 1. The number of amides is 2. The van der Waals surface area contributed by atoms with E-state index in [1.807, 2.05) is 18.2 Å². The maximum atomic E-state index is 11.4. The number of hydrogen-bond acceptors (Lipinski definition) is 4. The van der Waals surface area contributed by atoms with Crippen molar-refractivity contribution in [2.45, 2.75) is 38.6 Å². The zero-order chi connectivity index (χ0) is 19.3. The van der Waals surface area contributed by atoms with E-state index in [1.165, 1.54) is 11.1 Å². The number of guanidine groups is 1. The van der Waals surface area contributed by atoms with Gasteiger partial charge < -0.3 is 22.5 Å². The van der Waals surface area contributed by atoms with Crippen LogP contribution in [0.15, 0.2) is 28.2 Å². The number of hydrogen-bond donors (Lipinski definition) is 5. The van der Waals surface area contributed by atoms with E-state index in [0.717, 1.165) is 19.3 Å². The van der Waals surface area contributed by atoms with Gasteiger partial charge in [0.1, 0.15) is 6.04 Å². The summed E-state index contributed by atoms with van der Waals surface area (Å²) < 4.78 is 0. The molecule has 1 aromatic carbocycles. The van der Waals surface area contributed by atoms with E-state index in [4.69, 9.17) is 22.6 Å². The number of benzene rings is 1. The fourth-order valence-corrected chi connectivity index (χ4v) is 2.71. The number of primary amides is 2. The van der Waals surface area contributed by atoms with Crippen LogP contribution in [0.25, 0.3) is 0 Å². The highest BCUT2D eigenvalue weighted by molar-refractivity contribution is 6.67. The summed E-state index contributed by atoms with van der Waals surface area (Å²) in [6, 6.07) is 4.94. The van der Waals surface area contributed by atoms with Gasteiger partial charge in [0.25, 0.3) is 5.91 Å². The first-order valence-corrected chi connectivity index (χ1v) is 8.30. The number of nitrogens with zero attached hydrogens (tertiary/aromatic N) is 2. The number of aliphatic imine (C=N–C) groups is 2. The highest BCUT2D eigenvalue weighted by atomic mass is 16.1. The molecule has 0 spiro atoms. The molecule has 26 heavy (non-hydrogen) atoms. The Balaban J connectivity index is 2.31. The van der Waals surface area contributed by atoms with Crippen molar-refractivity contribution in [3.8, 4) is 0 Å². The zero-order valence-corrected chi connectivity index (χ0v) is 14.6. The Kier molecular flexibility index (Phi) is 6.05. The lowest BCUT2D eigenvalue weighted by Gasteiger charge is -2.11. The minimum atomic E-state index is -0.966. The van der Waals surface area contributed by atoms with Gasteiger partial charge in [0.05, 0.1) is 0 Å². The molecule has 0 saturated heterocycles. The van der Waals surface area contributed by atoms with Crippen LogP contribution in [0.2, 0.25) is 0 Å². The van der Waals surface area contributed by atoms with Crippen LogP contribution in [0.1, 0.15) is 30.9 Å². The molecule has 1 aromatic rings. The van der Waals surface area contributed by atoms with Gasteiger partial charge >= 0.3 is 0 Å². The third kappa shape index (κ3) is 4.65. The van der Waals surface area contributed by atoms with Gasteiger partial charge in [-0.1, -0.05) is 13.0 Å². The molecule has 0 aliphatic heterocycles. The van der Waals surface area contributed by atoms with E-state index in [0.29, 0.717) is 12.1 Å². The van der Waals surface area contributed by atoms with Crippen molar-refractivity contribution in [1.82, 2.24) is 0 Å². The number of nitrogens with two attached hydrogens (primary N) is 3. The maximum Gasteiger partial charge on any atom is 0.270 e. The molecule has 138 valence electrons. The quantitative estimate of drug-likeness (QED) is 0.358. The molecule has 0 saturated carbocycles. The van der Waals surface area contributed by atoms with Crippen molar-refractivity contribution >= 4 is 35.0 Å². The Labute approximate surface area is 151 Å². The molecule has 2 amide bonds. The number of carbonyl (C=O) groups excluding carboxylic acids is 2. The third-order valence-corrected chi connectivity index (χ3v) is 4.07. The highest BCUT2D eigenvalue weighted by Gasteiger charge is 2.17. The summed E-state index contributed by atoms with van der Waals surface area (Å²) >= 11 is 0. The van der Waals surface area contributed by atoms with Gasteiger partial charge in [0.15, 0.2) is 11.5 Å². The van der Waals surface area contributed by atoms with Crippen LogP contribution < -0.4 is 22.5 Å².